The first kappa shape index (κ1) is 20.1. The number of ether oxygens (including phenoxy) is 1. The molecule has 0 aliphatic carbocycles. The van der Waals surface area contributed by atoms with Gasteiger partial charge in [0, 0.05) is 6.42 Å². The first-order valence-electron chi connectivity index (χ1n) is 9.66. The highest BCUT2D eigenvalue weighted by Crippen LogP contribution is 2.28. The molecule has 2 aromatic rings. The van der Waals surface area contributed by atoms with Gasteiger partial charge >= 0.3 is 5.97 Å². The van der Waals surface area contributed by atoms with Crippen molar-refractivity contribution >= 4 is 11.9 Å². The van der Waals surface area contributed by atoms with E-state index in [4.69, 9.17) is 4.74 Å². The molecule has 0 aromatic heterocycles. The Morgan fingerprint density at radius 1 is 1.18 bits per heavy atom. The number of carbonyl (C=O) groups excluding carboxylic acids is 1. The molecule has 1 heterocycles. The third kappa shape index (κ3) is 4.42. The number of hydrogen-bond donors (Lipinski definition) is 1. The monoisotopic (exact) mass is 381 g/mol. The van der Waals surface area contributed by atoms with Crippen LogP contribution in [0.5, 0.6) is 0 Å². The van der Waals surface area contributed by atoms with Gasteiger partial charge in [0.15, 0.2) is 0 Å². The number of carboxylic acids is 1. The van der Waals surface area contributed by atoms with Gasteiger partial charge in [-0.15, -0.1) is 0 Å². The first-order chi connectivity index (χ1) is 13.4. The third-order valence-corrected chi connectivity index (χ3v) is 5.39. The number of aromatic carboxylic acids is 1. The molecule has 1 N–H and O–H groups in total. The predicted octanol–water partition coefficient (Wildman–Crippen LogP) is 3.92. The Morgan fingerprint density at radius 2 is 1.93 bits per heavy atom. The molecule has 1 saturated heterocycles. The van der Waals surface area contributed by atoms with Crippen LogP contribution in [0.25, 0.3) is 0 Å². The Labute approximate surface area is 165 Å². The van der Waals surface area contributed by atoms with Crippen molar-refractivity contribution in [1.82, 2.24) is 4.90 Å². The lowest BCUT2D eigenvalue weighted by molar-refractivity contribution is -0.144. The minimum absolute atomic E-state index is 0.00332. The zero-order valence-corrected chi connectivity index (χ0v) is 16.6. The normalized spacial score (nSPS) is 19.5. The van der Waals surface area contributed by atoms with Crippen LogP contribution in [0.2, 0.25) is 0 Å². The maximum absolute atomic E-state index is 12.9. The second-order valence-electron chi connectivity index (χ2n) is 7.54. The van der Waals surface area contributed by atoms with Crippen molar-refractivity contribution in [3.05, 3.63) is 70.3 Å². The van der Waals surface area contributed by atoms with Crippen LogP contribution in [-0.2, 0) is 16.0 Å². The van der Waals surface area contributed by atoms with Gasteiger partial charge in [-0.25, -0.2) is 4.79 Å². The zero-order chi connectivity index (χ0) is 20.3. The van der Waals surface area contributed by atoms with Crippen molar-refractivity contribution in [3.63, 3.8) is 0 Å². The second-order valence-corrected chi connectivity index (χ2v) is 7.54. The van der Waals surface area contributed by atoms with Gasteiger partial charge in [-0.1, -0.05) is 42.0 Å². The SMILES string of the molecule is Cc1ccc(C)c(C2CN(C(=O)CCc3ccccc3C(=O)O)C(C)CO2)c1. The summed E-state index contributed by atoms with van der Waals surface area (Å²) in [6, 6.07) is 13.2. The summed E-state index contributed by atoms with van der Waals surface area (Å²) >= 11 is 0. The predicted molar refractivity (Wildman–Crippen MR) is 108 cm³/mol. The average Bonchev–Trinajstić information content (AvgIpc) is 2.68. The van der Waals surface area contributed by atoms with Crippen molar-refractivity contribution in [2.24, 2.45) is 0 Å². The quantitative estimate of drug-likeness (QED) is 0.852. The molecule has 2 atom stereocenters. The summed E-state index contributed by atoms with van der Waals surface area (Å²) in [6.07, 6.45) is 0.569. The Kier molecular flexibility index (Phi) is 6.15. The molecule has 3 rings (SSSR count). The highest BCUT2D eigenvalue weighted by atomic mass is 16.5. The van der Waals surface area contributed by atoms with E-state index in [1.165, 1.54) is 5.56 Å². The van der Waals surface area contributed by atoms with Crippen molar-refractivity contribution in [1.29, 1.82) is 0 Å². The molecule has 1 amide bonds. The van der Waals surface area contributed by atoms with Gasteiger partial charge in [0.25, 0.3) is 0 Å². The molecule has 0 spiro atoms. The van der Waals surface area contributed by atoms with E-state index in [9.17, 15) is 14.7 Å². The summed E-state index contributed by atoms with van der Waals surface area (Å²) in [5.74, 6) is -0.927. The number of nitrogens with zero attached hydrogens (tertiary/aromatic N) is 1. The second kappa shape index (κ2) is 8.57. The number of carboxylic acid groups (broad SMARTS) is 1. The van der Waals surface area contributed by atoms with Gasteiger partial charge in [-0.3, -0.25) is 4.79 Å². The van der Waals surface area contributed by atoms with E-state index >= 15 is 0 Å². The zero-order valence-electron chi connectivity index (χ0n) is 16.6. The van der Waals surface area contributed by atoms with Crippen LogP contribution in [-0.4, -0.2) is 41.1 Å². The Balaban J connectivity index is 1.70. The lowest BCUT2D eigenvalue weighted by Crippen LogP contribution is -2.48. The minimum Gasteiger partial charge on any atom is -0.478 e. The molecule has 2 unspecified atom stereocenters. The Hall–Kier alpha value is -2.66. The fourth-order valence-corrected chi connectivity index (χ4v) is 3.73. The van der Waals surface area contributed by atoms with Crippen molar-refractivity contribution < 1.29 is 19.4 Å². The molecule has 2 aromatic carbocycles. The summed E-state index contributed by atoms with van der Waals surface area (Å²) in [7, 11) is 0. The van der Waals surface area contributed by atoms with Crippen LogP contribution in [0.1, 0.15) is 52.1 Å². The number of morpholine rings is 1. The van der Waals surface area contributed by atoms with Crippen molar-refractivity contribution in [2.75, 3.05) is 13.2 Å². The molecule has 1 aliphatic rings. The molecule has 5 nitrogen and oxygen atoms in total. The maximum atomic E-state index is 12.9. The highest BCUT2D eigenvalue weighted by Gasteiger charge is 2.31. The fraction of sp³-hybridized carbons (Fsp3) is 0.391. The van der Waals surface area contributed by atoms with Gasteiger partial charge < -0.3 is 14.7 Å². The molecular weight excluding hydrogens is 354 g/mol. The number of rotatable bonds is 5. The maximum Gasteiger partial charge on any atom is 0.335 e. The van der Waals surface area contributed by atoms with Crippen LogP contribution < -0.4 is 0 Å². The van der Waals surface area contributed by atoms with Gasteiger partial charge in [-0.05, 0) is 49.9 Å². The minimum atomic E-state index is -0.960. The first-order valence-corrected chi connectivity index (χ1v) is 9.66. The standard InChI is InChI=1S/C23H27NO4/c1-15-8-9-16(2)20(12-15)21-13-24(17(3)14-28-21)22(25)11-10-18-6-4-5-7-19(18)23(26)27/h4-9,12,17,21H,10-11,13-14H2,1-3H3,(H,26,27). The molecule has 1 aliphatic heterocycles. The average molecular weight is 381 g/mol. The van der Waals surface area contributed by atoms with E-state index in [0.29, 0.717) is 25.1 Å². The van der Waals surface area contributed by atoms with Crippen LogP contribution in [0.15, 0.2) is 42.5 Å². The van der Waals surface area contributed by atoms with E-state index in [1.54, 1.807) is 24.3 Å². The third-order valence-electron chi connectivity index (χ3n) is 5.39. The Bertz CT molecular complexity index is 877. The van der Waals surface area contributed by atoms with Crippen LogP contribution in [0.3, 0.4) is 0 Å². The van der Waals surface area contributed by atoms with Crippen molar-refractivity contribution in [3.8, 4) is 0 Å². The van der Waals surface area contributed by atoms with Crippen LogP contribution in [0.4, 0.5) is 0 Å². The molecule has 0 bridgehead atoms. The number of hydrogen-bond acceptors (Lipinski definition) is 3. The Morgan fingerprint density at radius 3 is 2.68 bits per heavy atom. The summed E-state index contributed by atoms with van der Waals surface area (Å²) in [5.41, 5.74) is 4.41. The summed E-state index contributed by atoms with van der Waals surface area (Å²) in [5, 5.41) is 9.32. The number of benzene rings is 2. The largest absolute Gasteiger partial charge is 0.478 e. The van der Waals surface area contributed by atoms with Crippen LogP contribution in [0, 0.1) is 13.8 Å². The van der Waals surface area contributed by atoms with E-state index in [1.807, 2.05) is 11.8 Å². The fourth-order valence-electron chi connectivity index (χ4n) is 3.73. The van der Waals surface area contributed by atoms with Gasteiger partial charge in [0.2, 0.25) is 5.91 Å². The summed E-state index contributed by atoms with van der Waals surface area (Å²) in [6.45, 7) is 7.12. The van der Waals surface area contributed by atoms with E-state index in [0.717, 1.165) is 11.1 Å². The highest BCUT2D eigenvalue weighted by molar-refractivity contribution is 5.89. The van der Waals surface area contributed by atoms with Crippen molar-refractivity contribution in [2.45, 2.75) is 45.8 Å². The molecule has 0 saturated carbocycles. The van der Waals surface area contributed by atoms with Gasteiger partial charge in [0.05, 0.1) is 24.8 Å². The van der Waals surface area contributed by atoms with E-state index < -0.39 is 5.97 Å². The smallest absolute Gasteiger partial charge is 0.335 e. The molecule has 5 heteroatoms. The molecule has 148 valence electrons. The summed E-state index contributed by atoms with van der Waals surface area (Å²) < 4.78 is 6.03. The van der Waals surface area contributed by atoms with E-state index in [-0.39, 0.29) is 30.0 Å². The van der Waals surface area contributed by atoms with E-state index in [2.05, 4.69) is 32.0 Å². The molecule has 28 heavy (non-hydrogen) atoms. The molecule has 1 fully saturated rings. The lowest BCUT2D eigenvalue weighted by atomic mass is 9.98. The van der Waals surface area contributed by atoms with Gasteiger partial charge in [0.1, 0.15) is 6.10 Å². The molecule has 0 radical (unpaired) electrons. The summed E-state index contributed by atoms with van der Waals surface area (Å²) in [4.78, 5) is 26.2. The van der Waals surface area contributed by atoms with Gasteiger partial charge in [-0.2, -0.15) is 0 Å². The lowest BCUT2D eigenvalue weighted by Gasteiger charge is -2.39. The topological polar surface area (TPSA) is 66.8 Å². The van der Waals surface area contributed by atoms with Crippen LogP contribution >= 0.6 is 0 Å². The number of amides is 1. The number of carbonyl (C=O) groups is 2. The molecular formula is C23H27NO4. The number of aryl methyl sites for hydroxylation is 3.